The molecule has 2 aromatic rings. The first-order valence-corrected chi connectivity index (χ1v) is 9.32. The number of benzene rings is 2. The summed E-state index contributed by atoms with van der Waals surface area (Å²) in [7, 11) is 0. The van der Waals surface area contributed by atoms with E-state index in [-0.39, 0.29) is 51.4 Å². The summed E-state index contributed by atoms with van der Waals surface area (Å²) < 4.78 is 5.90. The molecule has 0 aromatic heterocycles. The quantitative estimate of drug-likeness (QED) is 0.444. The number of rotatable bonds is 8. The van der Waals surface area contributed by atoms with Crippen LogP contribution in [-0.4, -0.2) is 5.97 Å². The molecule has 3 rings (SSSR count). The van der Waals surface area contributed by atoms with Gasteiger partial charge in [-0.15, -0.1) is 0 Å². The van der Waals surface area contributed by atoms with E-state index in [4.69, 9.17) is 4.74 Å². The number of aryl methyl sites for hydroxylation is 1. The van der Waals surface area contributed by atoms with E-state index in [2.05, 4.69) is 6.92 Å². The van der Waals surface area contributed by atoms with Crippen molar-refractivity contribution in [2.24, 2.45) is 0 Å². The number of fused-ring (bicyclic) bond motifs is 2. The van der Waals surface area contributed by atoms with Crippen molar-refractivity contribution in [1.82, 2.24) is 0 Å². The normalized spacial score (nSPS) is 11.7. The van der Waals surface area contributed by atoms with E-state index in [9.17, 15) is 9.90 Å². The molecule has 3 nitrogen and oxygen atoms in total. The first kappa shape index (κ1) is 21.6. The molecule has 0 radical (unpaired) electrons. The Morgan fingerprint density at radius 1 is 1.00 bits per heavy atom. The molecule has 0 unspecified atom stereocenters. The molecule has 1 aliphatic heterocycles. The van der Waals surface area contributed by atoms with Crippen molar-refractivity contribution in [3.05, 3.63) is 58.7 Å². The smallest absolute Gasteiger partial charge is 0.545 e. The van der Waals surface area contributed by atoms with Gasteiger partial charge in [-0.3, -0.25) is 0 Å². The second-order valence-corrected chi connectivity index (χ2v) is 6.77. The van der Waals surface area contributed by atoms with Gasteiger partial charge in [0.05, 0.1) is 5.97 Å². The first-order chi connectivity index (χ1) is 12.2. The Morgan fingerprint density at radius 2 is 1.73 bits per heavy atom. The van der Waals surface area contributed by atoms with Gasteiger partial charge in [-0.05, 0) is 36.1 Å². The van der Waals surface area contributed by atoms with E-state index in [1.807, 2.05) is 36.4 Å². The number of carboxylic acids is 1. The second kappa shape index (κ2) is 10.6. The van der Waals surface area contributed by atoms with Crippen molar-refractivity contribution in [3.8, 4) is 11.5 Å². The molecule has 0 aliphatic carbocycles. The summed E-state index contributed by atoms with van der Waals surface area (Å²) in [6.45, 7) is 2.21. The standard InChI is InChI=1S/C22H26O3.K/c1-2-3-4-5-6-7-10-16-13-14-20-18(21(16)22(23)24)15-17-11-8-9-12-19(17)25-20;/h8-9,11-14H,2-7,10,15H2,1H3,(H,23,24);/q;+1/p-1. The maximum Gasteiger partial charge on any atom is 1.00 e. The number of carbonyl (C=O) groups excluding carboxylic acids is 1. The number of unbranched alkanes of at least 4 members (excludes halogenated alkanes) is 5. The summed E-state index contributed by atoms with van der Waals surface area (Å²) in [5.74, 6) is 0.355. The van der Waals surface area contributed by atoms with Crippen LogP contribution in [-0.2, 0) is 12.8 Å². The minimum Gasteiger partial charge on any atom is -0.545 e. The van der Waals surface area contributed by atoms with Gasteiger partial charge in [0.2, 0.25) is 0 Å². The molecular weight excluding hydrogens is 351 g/mol. The summed E-state index contributed by atoms with van der Waals surface area (Å²) in [6, 6.07) is 11.6. The van der Waals surface area contributed by atoms with Crippen molar-refractivity contribution < 1.29 is 66.0 Å². The van der Waals surface area contributed by atoms with Gasteiger partial charge in [0.1, 0.15) is 11.5 Å². The predicted molar refractivity (Wildman–Crippen MR) is 97.2 cm³/mol. The van der Waals surface area contributed by atoms with Crippen molar-refractivity contribution in [2.75, 3.05) is 0 Å². The van der Waals surface area contributed by atoms with Gasteiger partial charge in [-0.2, -0.15) is 0 Å². The van der Waals surface area contributed by atoms with Crippen molar-refractivity contribution in [2.45, 2.75) is 58.3 Å². The largest absolute Gasteiger partial charge is 1.00 e. The Balaban J connectivity index is 0.00000243. The molecule has 0 amide bonds. The van der Waals surface area contributed by atoms with Crippen molar-refractivity contribution in [3.63, 3.8) is 0 Å². The SMILES string of the molecule is CCCCCCCCc1ccc2c(c1C(=O)[O-])Cc1ccccc1O2.[K+]. The fourth-order valence-corrected chi connectivity index (χ4v) is 3.57. The Kier molecular flexibility index (Phi) is 8.84. The number of carboxylic acid groups (broad SMARTS) is 1. The fourth-order valence-electron chi connectivity index (χ4n) is 3.57. The van der Waals surface area contributed by atoms with Gasteiger partial charge in [0, 0.05) is 17.5 Å². The van der Waals surface area contributed by atoms with E-state index in [1.165, 1.54) is 25.7 Å². The number of carbonyl (C=O) groups is 1. The van der Waals surface area contributed by atoms with E-state index in [0.29, 0.717) is 17.7 Å². The van der Waals surface area contributed by atoms with Gasteiger partial charge in [-0.25, -0.2) is 0 Å². The van der Waals surface area contributed by atoms with Gasteiger partial charge in [0.25, 0.3) is 0 Å². The van der Waals surface area contributed by atoms with Gasteiger partial charge >= 0.3 is 51.4 Å². The molecule has 1 aliphatic rings. The third-order valence-electron chi connectivity index (χ3n) is 4.92. The second-order valence-electron chi connectivity index (χ2n) is 6.77. The number of aromatic carboxylic acids is 1. The van der Waals surface area contributed by atoms with Crippen LogP contribution in [0.4, 0.5) is 0 Å². The fraction of sp³-hybridized carbons (Fsp3) is 0.409. The summed E-state index contributed by atoms with van der Waals surface area (Å²) in [4.78, 5) is 11.8. The van der Waals surface area contributed by atoms with Crippen LogP contribution in [0.5, 0.6) is 11.5 Å². The predicted octanol–water partition coefficient (Wildman–Crippen LogP) is 1.65. The Morgan fingerprint density at radius 3 is 2.50 bits per heavy atom. The molecule has 0 spiro atoms. The molecule has 2 aromatic carbocycles. The minimum absolute atomic E-state index is 0. The topological polar surface area (TPSA) is 49.4 Å². The van der Waals surface area contributed by atoms with Crippen LogP contribution >= 0.6 is 0 Å². The number of hydrogen-bond acceptors (Lipinski definition) is 3. The Hall–Kier alpha value is -0.654. The molecule has 0 fully saturated rings. The monoisotopic (exact) mass is 376 g/mol. The molecule has 0 saturated carbocycles. The maximum atomic E-state index is 11.8. The summed E-state index contributed by atoms with van der Waals surface area (Å²) in [6.07, 6.45) is 8.52. The van der Waals surface area contributed by atoms with E-state index < -0.39 is 5.97 Å². The molecule has 132 valence electrons. The van der Waals surface area contributed by atoms with Crippen LogP contribution in [0.25, 0.3) is 0 Å². The molecule has 0 N–H and O–H groups in total. The van der Waals surface area contributed by atoms with E-state index in [1.54, 1.807) is 0 Å². The first-order valence-electron chi connectivity index (χ1n) is 9.32. The van der Waals surface area contributed by atoms with E-state index >= 15 is 0 Å². The molecule has 0 atom stereocenters. The summed E-state index contributed by atoms with van der Waals surface area (Å²) >= 11 is 0. The molecule has 1 heterocycles. The molecule has 4 heteroatoms. The summed E-state index contributed by atoms with van der Waals surface area (Å²) in [5, 5.41) is 11.8. The van der Waals surface area contributed by atoms with Crippen LogP contribution in [0.2, 0.25) is 0 Å². The van der Waals surface area contributed by atoms with Crippen molar-refractivity contribution in [1.29, 1.82) is 0 Å². The van der Waals surface area contributed by atoms with Crippen LogP contribution in [0, 0.1) is 0 Å². The minimum atomic E-state index is -1.10. The molecule has 0 bridgehead atoms. The third kappa shape index (κ3) is 5.20. The number of para-hydroxylation sites is 1. The number of hydrogen-bond donors (Lipinski definition) is 0. The zero-order chi connectivity index (χ0) is 17.6. The Labute approximate surface area is 198 Å². The average Bonchev–Trinajstić information content (AvgIpc) is 2.62. The van der Waals surface area contributed by atoms with Crippen LogP contribution in [0.15, 0.2) is 36.4 Å². The molecular formula is C22H25KO3. The molecule has 0 saturated heterocycles. The molecule has 26 heavy (non-hydrogen) atoms. The average molecular weight is 377 g/mol. The van der Waals surface area contributed by atoms with Crippen LogP contribution < -0.4 is 61.2 Å². The zero-order valence-corrected chi connectivity index (χ0v) is 19.0. The van der Waals surface area contributed by atoms with Gasteiger partial charge < -0.3 is 14.6 Å². The summed E-state index contributed by atoms with van der Waals surface area (Å²) in [5.41, 5.74) is 2.98. The van der Waals surface area contributed by atoms with Crippen molar-refractivity contribution >= 4 is 5.97 Å². The Bertz CT molecular complexity index is 755. The van der Waals surface area contributed by atoms with E-state index in [0.717, 1.165) is 41.7 Å². The van der Waals surface area contributed by atoms with Gasteiger partial charge in [0.15, 0.2) is 0 Å². The third-order valence-corrected chi connectivity index (χ3v) is 4.92. The van der Waals surface area contributed by atoms with Crippen LogP contribution in [0.1, 0.15) is 72.5 Å². The van der Waals surface area contributed by atoms with Crippen LogP contribution in [0.3, 0.4) is 0 Å². The maximum absolute atomic E-state index is 11.8. The number of ether oxygens (including phenoxy) is 1. The zero-order valence-electron chi connectivity index (χ0n) is 15.8. The van der Waals surface area contributed by atoms with Gasteiger partial charge in [-0.1, -0.05) is 63.3 Å².